The first kappa shape index (κ1) is 21.2. The average Bonchev–Trinajstić information content (AvgIpc) is 3.05. The third kappa shape index (κ3) is 5.46. The maximum absolute atomic E-state index is 11.7. The number of rotatable bonds is 8. The highest BCUT2D eigenvalue weighted by Crippen LogP contribution is 2.39. The van der Waals surface area contributed by atoms with Crippen LogP contribution in [0.25, 0.3) is 0 Å². The van der Waals surface area contributed by atoms with Crippen LogP contribution >= 0.6 is 7.82 Å². The minimum Gasteiger partial charge on any atom is -0.387 e. The molecule has 0 bridgehead atoms. The van der Waals surface area contributed by atoms with Crippen LogP contribution in [-0.4, -0.2) is 66.3 Å². The summed E-state index contributed by atoms with van der Waals surface area (Å²) in [6.07, 6.45) is -4.72. The molecule has 2 amide bonds. The lowest BCUT2D eigenvalue weighted by Gasteiger charge is -2.17. The van der Waals surface area contributed by atoms with Gasteiger partial charge in [0.15, 0.2) is 17.9 Å². The summed E-state index contributed by atoms with van der Waals surface area (Å²) in [5, 5.41) is 22.4. The molecule has 0 radical (unpaired) electrons. The number of hydrogen-bond acceptors (Lipinski definition) is 9. The third-order valence-corrected chi connectivity index (χ3v) is 4.19. The zero-order valence-electron chi connectivity index (χ0n) is 13.8. The van der Waals surface area contributed by atoms with Crippen LogP contribution < -0.4 is 16.8 Å². The topological polar surface area (TPSA) is 232 Å². The minimum atomic E-state index is -4.79. The number of amides is 2. The molecule has 14 nitrogen and oxygen atoms in total. The number of hydrogen-bond donors (Lipinski definition) is 7. The molecule has 0 saturated carbocycles. The number of phosphoric ester groups is 1. The zero-order chi connectivity index (χ0) is 20.4. The van der Waals surface area contributed by atoms with Crippen molar-refractivity contribution >= 4 is 31.3 Å². The number of nitrogens with one attached hydrogen (secondary N) is 1. The van der Waals surface area contributed by atoms with Gasteiger partial charge in [-0.25, -0.2) is 9.55 Å². The van der Waals surface area contributed by atoms with E-state index in [1.54, 1.807) is 0 Å². The number of primary amides is 1. The van der Waals surface area contributed by atoms with E-state index < -0.39 is 50.8 Å². The number of phosphoric acid groups is 1. The second kappa shape index (κ2) is 8.31. The summed E-state index contributed by atoms with van der Waals surface area (Å²) in [7, 11) is -4.79. The van der Waals surface area contributed by atoms with E-state index in [1.807, 2.05) is 0 Å². The van der Waals surface area contributed by atoms with Crippen LogP contribution in [0.1, 0.15) is 19.1 Å². The van der Waals surface area contributed by atoms with Gasteiger partial charge in [-0.05, 0) is 0 Å². The van der Waals surface area contributed by atoms with Crippen LogP contribution in [0.2, 0.25) is 0 Å². The first-order chi connectivity index (χ1) is 12.5. The highest BCUT2D eigenvalue weighted by molar-refractivity contribution is 7.46. The fourth-order valence-electron chi connectivity index (χ4n) is 2.37. The lowest BCUT2D eigenvalue weighted by atomic mass is 10.1. The maximum atomic E-state index is 11.7. The van der Waals surface area contributed by atoms with Gasteiger partial charge in [-0.15, -0.1) is 0 Å². The number of nitrogen functional groups attached to an aromatic ring is 1. The Morgan fingerprint density at radius 1 is 1.33 bits per heavy atom. The monoisotopic (exact) mass is 409 g/mol. The van der Waals surface area contributed by atoms with Crippen molar-refractivity contribution in [1.82, 2.24) is 9.55 Å². The third-order valence-electron chi connectivity index (χ3n) is 3.71. The number of aromatic nitrogens is 2. The molecule has 1 aliphatic heterocycles. The number of anilines is 2. The van der Waals surface area contributed by atoms with Crippen LogP contribution in [0.15, 0.2) is 6.33 Å². The molecular weight excluding hydrogens is 389 g/mol. The number of carbonyl (C=O) groups is 2. The molecule has 4 unspecified atom stereocenters. The largest absolute Gasteiger partial charge is 0.469 e. The van der Waals surface area contributed by atoms with Crippen LogP contribution in [0.5, 0.6) is 0 Å². The van der Waals surface area contributed by atoms with Crippen molar-refractivity contribution in [1.29, 1.82) is 0 Å². The highest BCUT2D eigenvalue weighted by Gasteiger charge is 2.45. The van der Waals surface area contributed by atoms with E-state index in [2.05, 4.69) is 14.8 Å². The Kier molecular flexibility index (Phi) is 6.54. The Morgan fingerprint density at radius 3 is 2.59 bits per heavy atom. The molecule has 15 heteroatoms. The number of nitrogens with two attached hydrogens (primary N) is 2. The van der Waals surface area contributed by atoms with Crippen molar-refractivity contribution in [2.45, 2.75) is 37.4 Å². The van der Waals surface area contributed by atoms with E-state index >= 15 is 0 Å². The molecule has 2 heterocycles. The first-order valence-corrected chi connectivity index (χ1v) is 9.14. The second-order valence-corrected chi connectivity index (χ2v) is 6.97. The van der Waals surface area contributed by atoms with Crippen LogP contribution in [0.4, 0.5) is 11.6 Å². The molecule has 1 fully saturated rings. The highest BCUT2D eigenvalue weighted by atomic mass is 31.2. The molecule has 1 aliphatic rings. The second-order valence-electron chi connectivity index (χ2n) is 5.73. The Bertz CT molecular complexity index is 750. The van der Waals surface area contributed by atoms with E-state index in [-0.39, 0.29) is 24.5 Å². The molecule has 1 aromatic rings. The van der Waals surface area contributed by atoms with Crippen molar-refractivity contribution in [3.8, 4) is 0 Å². The predicted molar refractivity (Wildman–Crippen MR) is 87.6 cm³/mol. The van der Waals surface area contributed by atoms with Crippen LogP contribution in [0, 0.1) is 0 Å². The lowest BCUT2D eigenvalue weighted by molar-refractivity contribution is -0.122. The van der Waals surface area contributed by atoms with Gasteiger partial charge in [0.2, 0.25) is 11.8 Å². The molecule has 1 saturated heterocycles. The zero-order valence-corrected chi connectivity index (χ0v) is 14.7. The van der Waals surface area contributed by atoms with Gasteiger partial charge in [0, 0.05) is 12.8 Å². The SMILES string of the molecule is NC(=O)CCC(=O)Nc1ncn(C2OC(COP(=O)(O)O)C(O)C2O)c1N. The summed E-state index contributed by atoms with van der Waals surface area (Å²) < 4.78 is 21.5. The molecule has 9 N–H and O–H groups in total. The van der Waals surface area contributed by atoms with Gasteiger partial charge in [-0.1, -0.05) is 0 Å². The number of ether oxygens (including phenoxy) is 1. The van der Waals surface area contributed by atoms with Gasteiger partial charge in [0.05, 0.1) is 6.61 Å². The van der Waals surface area contributed by atoms with E-state index in [1.165, 1.54) is 0 Å². The molecule has 1 aromatic heterocycles. The number of aliphatic hydroxyl groups excluding tert-OH is 2. The molecule has 4 atom stereocenters. The van der Waals surface area contributed by atoms with Crippen LogP contribution in [-0.2, 0) is 23.4 Å². The fraction of sp³-hybridized carbons (Fsp3) is 0.583. The summed E-state index contributed by atoms with van der Waals surface area (Å²) in [5.41, 5.74) is 10.8. The number of aliphatic hydroxyl groups is 2. The Labute approximate surface area is 152 Å². The van der Waals surface area contributed by atoms with Gasteiger partial charge in [0.25, 0.3) is 0 Å². The van der Waals surface area contributed by atoms with E-state index in [9.17, 15) is 24.4 Å². The first-order valence-electron chi connectivity index (χ1n) is 7.61. The van der Waals surface area contributed by atoms with Gasteiger partial charge in [-0.3, -0.25) is 18.7 Å². The minimum absolute atomic E-state index is 0.0651. The molecule has 27 heavy (non-hydrogen) atoms. The molecule has 0 aliphatic carbocycles. The van der Waals surface area contributed by atoms with Crippen molar-refractivity contribution in [3.05, 3.63) is 6.33 Å². The molecule has 152 valence electrons. The van der Waals surface area contributed by atoms with Crippen molar-refractivity contribution in [2.24, 2.45) is 5.73 Å². The molecule has 0 aromatic carbocycles. The van der Waals surface area contributed by atoms with Gasteiger partial charge in [-0.2, -0.15) is 0 Å². The number of carbonyl (C=O) groups excluding carboxylic acids is 2. The van der Waals surface area contributed by atoms with E-state index in [0.717, 1.165) is 10.9 Å². The van der Waals surface area contributed by atoms with Gasteiger partial charge >= 0.3 is 7.82 Å². The predicted octanol–water partition coefficient (Wildman–Crippen LogP) is -2.60. The Hall–Kier alpha value is -2.06. The number of nitrogens with zero attached hydrogens (tertiary/aromatic N) is 2. The quantitative estimate of drug-likeness (QED) is 0.220. The van der Waals surface area contributed by atoms with Crippen molar-refractivity contribution < 1.29 is 43.4 Å². The summed E-state index contributed by atoms with van der Waals surface area (Å²) in [6.45, 7) is -0.676. The summed E-state index contributed by atoms with van der Waals surface area (Å²) in [4.78, 5) is 43.7. The van der Waals surface area contributed by atoms with E-state index in [4.69, 9.17) is 26.0 Å². The summed E-state index contributed by atoms with van der Waals surface area (Å²) in [6, 6.07) is 0. The molecule has 0 spiro atoms. The van der Waals surface area contributed by atoms with Gasteiger partial charge < -0.3 is 41.5 Å². The molecular formula is C12H20N5O9P. The summed E-state index contributed by atoms with van der Waals surface area (Å²) in [5.74, 6) is -1.39. The lowest BCUT2D eigenvalue weighted by Crippen LogP contribution is -2.33. The molecule has 2 rings (SSSR count). The van der Waals surface area contributed by atoms with Crippen molar-refractivity contribution in [2.75, 3.05) is 17.7 Å². The van der Waals surface area contributed by atoms with E-state index in [0.29, 0.717) is 0 Å². The smallest absolute Gasteiger partial charge is 0.387 e. The average molecular weight is 409 g/mol. The standard InChI is InChI=1S/C12H20N5O9P/c13-6(18)1-2-7(19)16-11-10(14)17(4-15-11)12-9(21)8(20)5(26-12)3-25-27(22,23)24/h4-5,8-9,12,20-21H,1-3,14H2,(H2,13,18)(H,16,19)(H2,22,23,24). The van der Waals surface area contributed by atoms with Gasteiger partial charge in [0.1, 0.15) is 24.6 Å². The Morgan fingerprint density at radius 2 is 2.00 bits per heavy atom. The Balaban J connectivity index is 2.05. The normalized spacial score (nSPS) is 25.5. The maximum Gasteiger partial charge on any atom is 0.469 e. The number of imidazole rings is 1. The van der Waals surface area contributed by atoms with Crippen molar-refractivity contribution in [3.63, 3.8) is 0 Å². The summed E-state index contributed by atoms with van der Waals surface area (Å²) >= 11 is 0. The van der Waals surface area contributed by atoms with Crippen LogP contribution in [0.3, 0.4) is 0 Å². The fourth-order valence-corrected chi connectivity index (χ4v) is 2.71.